The largest absolute Gasteiger partial charge is 0.256 e. The lowest BCUT2D eigenvalue weighted by Crippen LogP contribution is -2.24. The molecule has 0 saturated carbocycles. The van der Waals surface area contributed by atoms with Crippen molar-refractivity contribution in [3.05, 3.63) is 77.7 Å². The summed E-state index contributed by atoms with van der Waals surface area (Å²) < 4.78 is 40.0. The zero-order valence-corrected chi connectivity index (χ0v) is 13.1. The molecule has 0 radical (unpaired) electrons. The van der Waals surface area contributed by atoms with Crippen LogP contribution >= 0.6 is 0 Å². The molecule has 2 aromatic carbocycles. The average molecular weight is 330 g/mol. The van der Waals surface area contributed by atoms with E-state index in [1.807, 2.05) is 30.3 Å². The fraction of sp³-hybridized carbons (Fsp3) is 0.118. The highest BCUT2D eigenvalue weighted by Gasteiger charge is 2.13. The Hall–Kier alpha value is -2.31. The summed E-state index contributed by atoms with van der Waals surface area (Å²) in [5, 5.41) is 0.953. The minimum absolute atomic E-state index is 0.145. The van der Waals surface area contributed by atoms with Gasteiger partial charge in [0.2, 0.25) is 10.0 Å². The highest BCUT2D eigenvalue weighted by molar-refractivity contribution is 7.88. The van der Waals surface area contributed by atoms with Crippen molar-refractivity contribution in [2.45, 2.75) is 12.3 Å². The number of hydrogen-bond acceptors (Lipinski definition) is 3. The van der Waals surface area contributed by atoms with Crippen molar-refractivity contribution in [3.8, 4) is 0 Å². The predicted octanol–water partition coefficient (Wildman–Crippen LogP) is 2.99. The van der Waals surface area contributed by atoms with Crippen molar-refractivity contribution in [1.82, 2.24) is 9.71 Å². The third-order valence-corrected chi connectivity index (χ3v) is 4.74. The molecular weight excluding hydrogens is 315 g/mol. The Morgan fingerprint density at radius 1 is 1.04 bits per heavy atom. The maximum Gasteiger partial charge on any atom is 0.216 e. The molecule has 0 atom stereocenters. The highest BCUT2D eigenvalue weighted by Crippen LogP contribution is 2.16. The van der Waals surface area contributed by atoms with E-state index in [1.54, 1.807) is 12.3 Å². The number of fused-ring (bicyclic) bond motifs is 1. The first-order chi connectivity index (χ1) is 11.0. The minimum Gasteiger partial charge on any atom is -0.256 e. The number of benzene rings is 2. The Bertz CT molecular complexity index is 937. The van der Waals surface area contributed by atoms with E-state index in [0.29, 0.717) is 5.56 Å². The van der Waals surface area contributed by atoms with Crippen LogP contribution in [-0.2, 0) is 22.3 Å². The van der Waals surface area contributed by atoms with Crippen LogP contribution in [0.2, 0.25) is 0 Å². The molecule has 0 aliphatic rings. The summed E-state index contributed by atoms with van der Waals surface area (Å²) in [5.74, 6) is -0.709. The van der Waals surface area contributed by atoms with Gasteiger partial charge in [-0.25, -0.2) is 17.5 Å². The van der Waals surface area contributed by atoms with Crippen molar-refractivity contribution in [3.63, 3.8) is 0 Å². The lowest BCUT2D eigenvalue weighted by Gasteiger charge is -2.09. The first-order valence-electron chi connectivity index (χ1n) is 7.08. The SMILES string of the molecule is O=S(=O)(Cc1cccc(F)c1)NCc1cccc2cccnc12. The molecule has 0 saturated heterocycles. The molecule has 0 aliphatic carbocycles. The standard InChI is InChI=1S/C17H15FN2O2S/c18-16-8-1-4-13(10-16)12-23(21,22)20-11-15-6-2-5-14-7-3-9-19-17(14)15/h1-10,20H,11-12H2. The molecule has 118 valence electrons. The molecule has 0 fully saturated rings. The third kappa shape index (κ3) is 3.91. The number of pyridine rings is 1. The van der Waals surface area contributed by atoms with E-state index in [-0.39, 0.29) is 12.3 Å². The van der Waals surface area contributed by atoms with Gasteiger partial charge in [0.15, 0.2) is 0 Å². The number of halogens is 1. The van der Waals surface area contributed by atoms with Crippen LogP contribution in [0.25, 0.3) is 10.9 Å². The van der Waals surface area contributed by atoms with Crippen LogP contribution < -0.4 is 4.72 Å². The topological polar surface area (TPSA) is 59.1 Å². The van der Waals surface area contributed by atoms with Crippen molar-refractivity contribution >= 4 is 20.9 Å². The first-order valence-corrected chi connectivity index (χ1v) is 8.73. The maximum atomic E-state index is 13.1. The summed E-state index contributed by atoms with van der Waals surface area (Å²) in [6.07, 6.45) is 1.67. The zero-order chi connectivity index (χ0) is 16.3. The van der Waals surface area contributed by atoms with Gasteiger partial charge < -0.3 is 0 Å². The second-order valence-electron chi connectivity index (χ2n) is 5.20. The molecule has 1 aromatic heterocycles. The minimum atomic E-state index is -3.56. The second-order valence-corrected chi connectivity index (χ2v) is 7.01. The normalized spacial score (nSPS) is 11.7. The van der Waals surface area contributed by atoms with Crippen LogP contribution in [0.15, 0.2) is 60.8 Å². The summed E-state index contributed by atoms with van der Waals surface area (Å²) in [4.78, 5) is 4.29. The van der Waals surface area contributed by atoms with Crippen LogP contribution in [0.5, 0.6) is 0 Å². The smallest absolute Gasteiger partial charge is 0.216 e. The summed E-state index contributed by atoms with van der Waals surface area (Å²) in [7, 11) is -3.56. The Balaban J connectivity index is 1.76. The molecule has 3 aromatic rings. The van der Waals surface area contributed by atoms with Crippen molar-refractivity contribution in [2.75, 3.05) is 0 Å². The fourth-order valence-electron chi connectivity index (χ4n) is 2.39. The molecule has 0 aliphatic heterocycles. The van der Waals surface area contributed by atoms with E-state index < -0.39 is 15.8 Å². The fourth-order valence-corrected chi connectivity index (χ4v) is 3.49. The number of hydrogen-bond donors (Lipinski definition) is 1. The van der Waals surface area contributed by atoms with Gasteiger partial charge >= 0.3 is 0 Å². The lowest BCUT2D eigenvalue weighted by atomic mass is 10.1. The number of para-hydroxylation sites is 1. The monoisotopic (exact) mass is 330 g/mol. The van der Waals surface area contributed by atoms with Crippen LogP contribution in [0.1, 0.15) is 11.1 Å². The molecule has 1 N–H and O–H groups in total. The Labute approximate surface area is 134 Å². The second kappa shape index (κ2) is 6.44. The first kappa shape index (κ1) is 15.6. The summed E-state index contributed by atoms with van der Waals surface area (Å²) in [5.41, 5.74) is 1.97. The third-order valence-electron chi connectivity index (χ3n) is 3.44. The van der Waals surface area contributed by atoms with Gasteiger partial charge in [0.1, 0.15) is 5.82 Å². The number of aromatic nitrogens is 1. The summed E-state index contributed by atoms with van der Waals surface area (Å²) >= 11 is 0. The van der Waals surface area contributed by atoms with Gasteiger partial charge in [-0.2, -0.15) is 0 Å². The van der Waals surface area contributed by atoms with E-state index in [1.165, 1.54) is 18.2 Å². The number of sulfonamides is 1. The van der Waals surface area contributed by atoms with Crippen LogP contribution in [0.3, 0.4) is 0 Å². The average Bonchev–Trinajstić information content (AvgIpc) is 2.52. The van der Waals surface area contributed by atoms with Gasteiger partial charge in [-0.05, 0) is 29.3 Å². The Morgan fingerprint density at radius 2 is 1.83 bits per heavy atom. The summed E-state index contributed by atoms with van der Waals surface area (Å²) in [6, 6.07) is 15.0. The molecule has 0 bridgehead atoms. The maximum absolute atomic E-state index is 13.1. The number of rotatable bonds is 5. The molecular formula is C17H15FN2O2S. The van der Waals surface area contributed by atoms with Gasteiger partial charge in [0.05, 0.1) is 11.3 Å². The van der Waals surface area contributed by atoms with Gasteiger partial charge in [-0.1, -0.05) is 36.4 Å². The molecule has 1 heterocycles. The molecule has 3 rings (SSSR count). The van der Waals surface area contributed by atoms with Crippen LogP contribution in [0, 0.1) is 5.82 Å². The lowest BCUT2D eigenvalue weighted by molar-refractivity contribution is 0.580. The van der Waals surface area contributed by atoms with Gasteiger partial charge in [0, 0.05) is 18.1 Å². The van der Waals surface area contributed by atoms with E-state index in [4.69, 9.17) is 0 Å². The Kier molecular flexibility index (Phi) is 4.36. The summed E-state index contributed by atoms with van der Waals surface area (Å²) in [6.45, 7) is 0.145. The van der Waals surface area contributed by atoms with Crippen LogP contribution in [-0.4, -0.2) is 13.4 Å². The molecule has 0 amide bonds. The zero-order valence-electron chi connectivity index (χ0n) is 12.2. The highest BCUT2D eigenvalue weighted by atomic mass is 32.2. The molecule has 23 heavy (non-hydrogen) atoms. The molecule has 6 heteroatoms. The van der Waals surface area contributed by atoms with Crippen LogP contribution in [0.4, 0.5) is 4.39 Å². The van der Waals surface area contributed by atoms with E-state index in [0.717, 1.165) is 16.5 Å². The van der Waals surface area contributed by atoms with E-state index in [2.05, 4.69) is 9.71 Å². The van der Waals surface area contributed by atoms with Crippen molar-refractivity contribution < 1.29 is 12.8 Å². The molecule has 0 unspecified atom stereocenters. The van der Waals surface area contributed by atoms with Gasteiger partial charge in [-0.15, -0.1) is 0 Å². The van der Waals surface area contributed by atoms with Crippen molar-refractivity contribution in [2.24, 2.45) is 0 Å². The molecule has 4 nitrogen and oxygen atoms in total. The van der Waals surface area contributed by atoms with Crippen molar-refractivity contribution in [1.29, 1.82) is 0 Å². The van der Waals surface area contributed by atoms with E-state index in [9.17, 15) is 12.8 Å². The van der Waals surface area contributed by atoms with E-state index >= 15 is 0 Å². The quantitative estimate of drug-likeness (QED) is 0.782. The number of nitrogens with one attached hydrogen (secondary N) is 1. The predicted molar refractivity (Wildman–Crippen MR) is 87.6 cm³/mol. The van der Waals surface area contributed by atoms with Gasteiger partial charge in [-0.3, -0.25) is 4.98 Å². The Morgan fingerprint density at radius 3 is 2.65 bits per heavy atom. The molecule has 0 spiro atoms. The van der Waals surface area contributed by atoms with Gasteiger partial charge in [0.25, 0.3) is 0 Å². The number of nitrogens with zero attached hydrogens (tertiary/aromatic N) is 1.